The normalized spacial score (nSPS) is 12.2. The van der Waals surface area contributed by atoms with E-state index in [9.17, 15) is 4.79 Å². The third-order valence-electron chi connectivity index (χ3n) is 4.35. The Balaban J connectivity index is 1.90. The van der Waals surface area contributed by atoms with Crippen molar-refractivity contribution < 1.29 is 9.21 Å². The van der Waals surface area contributed by atoms with Gasteiger partial charge in [0.1, 0.15) is 5.69 Å². The van der Waals surface area contributed by atoms with Crippen LogP contribution in [0.1, 0.15) is 49.9 Å². The van der Waals surface area contributed by atoms with E-state index >= 15 is 0 Å². The summed E-state index contributed by atoms with van der Waals surface area (Å²) >= 11 is 0. The number of aromatic nitrogens is 1. The number of para-hydroxylation sites is 1. The number of carbonyl (C=O) groups excluding carboxylic acids is 1. The molecule has 2 heterocycles. The van der Waals surface area contributed by atoms with E-state index in [2.05, 4.69) is 24.1 Å². The molecule has 0 saturated carbocycles. The number of hydrogen-bond donors (Lipinski definition) is 1. The lowest BCUT2D eigenvalue weighted by Crippen LogP contribution is -2.32. The van der Waals surface area contributed by atoms with E-state index in [0.717, 1.165) is 23.7 Å². The minimum atomic E-state index is -0.0598. The fourth-order valence-corrected chi connectivity index (χ4v) is 2.99. The number of nitrogens with zero attached hydrogens (tertiary/aromatic N) is 1. The van der Waals surface area contributed by atoms with Crippen LogP contribution in [0.3, 0.4) is 0 Å². The number of carbonyl (C=O) groups is 1. The number of amides is 1. The van der Waals surface area contributed by atoms with Crippen LogP contribution in [0.4, 0.5) is 0 Å². The molecule has 1 aromatic carbocycles. The number of pyridine rings is 1. The SMILES string of the molecule is CCCCC[C@H](C)NC(=O)c1cc(-c2ccco2)nc2ccccc12. The number of benzene rings is 1. The summed E-state index contributed by atoms with van der Waals surface area (Å²) in [6.07, 6.45) is 6.12. The highest BCUT2D eigenvalue weighted by Crippen LogP contribution is 2.25. The van der Waals surface area contributed by atoms with Crippen molar-refractivity contribution in [1.29, 1.82) is 0 Å². The zero-order valence-electron chi connectivity index (χ0n) is 14.8. The number of fused-ring (bicyclic) bond motifs is 1. The molecule has 3 aromatic rings. The molecule has 4 nitrogen and oxygen atoms in total. The van der Waals surface area contributed by atoms with Crippen molar-refractivity contribution in [3.8, 4) is 11.5 Å². The first-order valence-corrected chi connectivity index (χ1v) is 8.93. The monoisotopic (exact) mass is 336 g/mol. The smallest absolute Gasteiger partial charge is 0.252 e. The molecule has 0 fully saturated rings. The molecule has 3 rings (SSSR count). The van der Waals surface area contributed by atoms with Crippen molar-refractivity contribution in [2.75, 3.05) is 0 Å². The average molecular weight is 336 g/mol. The van der Waals surface area contributed by atoms with Gasteiger partial charge in [-0.1, -0.05) is 44.4 Å². The van der Waals surface area contributed by atoms with Gasteiger partial charge in [0.25, 0.3) is 5.91 Å². The molecule has 0 aliphatic rings. The van der Waals surface area contributed by atoms with E-state index < -0.39 is 0 Å². The predicted molar refractivity (Wildman–Crippen MR) is 101 cm³/mol. The Morgan fingerprint density at radius 1 is 1.20 bits per heavy atom. The van der Waals surface area contributed by atoms with E-state index in [1.54, 1.807) is 6.26 Å². The number of rotatable bonds is 7. The molecule has 4 heteroatoms. The van der Waals surface area contributed by atoms with Crippen LogP contribution in [0.2, 0.25) is 0 Å². The van der Waals surface area contributed by atoms with Crippen molar-refractivity contribution in [1.82, 2.24) is 10.3 Å². The van der Waals surface area contributed by atoms with Crippen molar-refractivity contribution in [2.24, 2.45) is 0 Å². The third-order valence-corrected chi connectivity index (χ3v) is 4.35. The first kappa shape index (κ1) is 17.2. The molecule has 0 aliphatic carbocycles. The van der Waals surface area contributed by atoms with Crippen LogP contribution in [0.15, 0.2) is 53.1 Å². The maximum Gasteiger partial charge on any atom is 0.252 e. The summed E-state index contributed by atoms with van der Waals surface area (Å²) < 4.78 is 5.46. The molecule has 0 unspecified atom stereocenters. The van der Waals surface area contributed by atoms with E-state index in [4.69, 9.17) is 4.42 Å². The molecule has 25 heavy (non-hydrogen) atoms. The van der Waals surface area contributed by atoms with Gasteiger partial charge >= 0.3 is 0 Å². The summed E-state index contributed by atoms with van der Waals surface area (Å²) in [7, 11) is 0. The van der Waals surface area contributed by atoms with Crippen LogP contribution in [0, 0.1) is 0 Å². The van der Waals surface area contributed by atoms with Gasteiger partial charge in [0.15, 0.2) is 5.76 Å². The van der Waals surface area contributed by atoms with E-state index in [1.165, 1.54) is 12.8 Å². The second-order valence-electron chi connectivity index (χ2n) is 6.42. The molecule has 2 aromatic heterocycles. The Bertz CT molecular complexity index is 840. The van der Waals surface area contributed by atoms with Gasteiger partial charge in [-0.3, -0.25) is 4.79 Å². The van der Waals surface area contributed by atoms with Gasteiger partial charge in [-0.2, -0.15) is 0 Å². The summed E-state index contributed by atoms with van der Waals surface area (Å²) in [6, 6.07) is 13.4. The third kappa shape index (κ3) is 4.08. The minimum Gasteiger partial charge on any atom is -0.463 e. The Morgan fingerprint density at radius 2 is 2.04 bits per heavy atom. The summed E-state index contributed by atoms with van der Waals surface area (Å²) in [5, 5.41) is 3.98. The number of nitrogens with one attached hydrogen (secondary N) is 1. The molecule has 0 radical (unpaired) electrons. The molecule has 1 N–H and O–H groups in total. The Hall–Kier alpha value is -2.62. The Labute approximate surface area is 148 Å². The Kier molecular flexibility index (Phi) is 5.49. The van der Waals surface area contributed by atoms with E-state index in [-0.39, 0.29) is 11.9 Å². The minimum absolute atomic E-state index is 0.0598. The number of furan rings is 1. The van der Waals surface area contributed by atoms with Gasteiger partial charge in [0, 0.05) is 11.4 Å². The Morgan fingerprint density at radius 3 is 2.80 bits per heavy atom. The van der Waals surface area contributed by atoms with Crippen molar-refractivity contribution >= 4 is 16.8 Å². The average Bonchev–Trinajstić information content (AvgIpc) is 3.15. The van der Waals surface area contributed by atoms with Gasteiger partial charge in [-0.05, 0) is 37.6 Å². The summed E-state index contributed by atoms with van der Waals surface area (Å²) in [5.41, 5.74) is 2.10. The van der Waals surface area contributed by atoms with Gasteiger partial charge < -0.3 is 9.73 Å². The highest BCUT2D eigenvalue weighted by atomic mass is 16.3. The lowest BCUT2D eigenvalue weighted by Gasteiger charge is -2.15. The predicted octanol–water partition coefficient (Wildman–Crippen LogP) is 5.19. The molecule has 0 bridgehead atoms. The molecule has 0 saturated heterocycles. The van der Waals surface area contributed by atoms with Gasteiger partial charge in [-0.25, -0.2) is 4.98 Å². The fourth-order valence-electron chi connectivity index (χ4n) is 2.99. The fraction of sp³-hybridized carbons (Fsp3) is 0.333. The van der Waals surface area contributed by atoms with Crippen molar-refractivity contribution in [3.05, 3.63) is 54.3 Å². The summed E-state index contributed by atoms with van der Waals surface area (Å²) in [5.74, 6) is 0.603. The quantitative estimate of drug-likeness (QED) is 0.604. The first-order chi connectivity index (χ1) is 12.2. The maximum atomic E-state index is 12.9. The summed E-state index contributed by atoms with van der Waals surface area (Å²) in [4.78, 5) is 17.5. The zero-order chi connectivity index (χ0) is 17.6. The zero-order valence-corrected chi connectivity index (χ0v) is 14.8. The number of hydrogen-bond acceptors (Lipinski definition) is 3. The van der Waals surface area contributed by atoms with Crippen LogP contribution >= 0.6 is 0 Å². The van der Waals surface area contributed by atoms with Gasteiger partial charge in [-0.15, -0.1) is 0 Å². The van der Waals surface area contributed by atoms with Gasteiger partial charge in [0.2, 0.25) is 0 Å². The lowest BCUT2D eigenvalue weighted by molar-refractivity contribution is 0.0939. The van der Waals surface area contributed by atoms with Crippen LogP contribution in [0.25, 0.3) is 22.4 Å². The largest absolute Gasteiger partial charge is 0.463 e. The van der Waals surface area contributed by atoms with Crippen molar-refractivity contribution in [3.63, 3.8) is 0 Å². The van der Waals surface area contributed by atoms with Crippen LogP contribution < -0.4 is 5.32 Å². The lowest BCUT2D eigenvalue weighted by atomic mass is 10.0. The molecular formula is C21H24N2O2. The van der Waals surface area contributed by atoms with Crippen LogP contribution in [-0.2, 0) is 0 Å². The molecule has 1 amide bonds. The highest BCUT2D eigenvalue weighted by Gasteiger charge is 2.16. The van der Waals surface area contributed by atoms with Gasteiger partial charge in [0.05, 0.1) is 17.3 Å². The molecular weight excluding hydrogens is 312 g/mol. The van der Waals surface area contributed by atoms with Crippen LogP contribution in [-0.4, -0.2) is 16.9 Å². The number of unbranched alkanes of at least 4 members (excludes halogenated alkanes) is 2. The second-order valence-corrected chi connectivity index (χ2v) is 6.42. The van der Waals surface area contributed by atoms with E-state index in [0.29, 0.717) is 17.0 Å². The van der Waals surface area contributed by atoms with Crippen LogP contribution in [0.5, 0.6) is 0 Å². The second kappa shape index (κ2) is 7.97. The van der Waals surface area contributed by atoms with Crippen molar-refractivity contribution in [2.45, 2.75) is 45.6 Å². The molecule has 1 atom stereocenters. The maximum absolute atomic E-state index is 12.9. The van der Waals surface area contributed by atoms with E-state index in [1.807, 2.05) is 42.5 Å². The topological polar surface area (TPSA) is 55.1 Å². The molecule has 130 valence electrons. The molecule has 0 spiro atoms. The highest BCUT2D eigenvalue weighted by molar-refractivity contribution is 6.07. The standard InChI is InChI=1S/C21H24N2O2/c1-3-4-5-9-15(2)22-21(24)17-14-19(20-12-8-13-25-20)23-18-11-7-6-10-16(17)18/h6-8,10-15H,3-5,9H2,1-2H3,(H,22,24)/t15-/m0/s1. The molecule has 0 aliphatic heterocycles. The summed E-state index contributed by atoms with van der Waals surface area (Å²) in [6.45, 7) is 4.24. The first-order valence-electron chi connectivity index (χ1n) is 8.93.